The summed E-state index contributed by atoms with van der Waals surface area (Å²) in [7, 11) is 1.38. The average molecular weight is 215 g/mol. The molecule has 0 aromatic carbocycles. The Balaban J connectivity index is 3.48. The van der Waals surface area contributed by atoms with Gasteiger partial charge in [0.1, 0.15) is 0 Å². The number of esters is 1. The second-order valence-corrected chi connectivity index (χ2v) is 4.54. The van der Waals surface area contributed by atoms with Crippen molar-refractivity contribution in [2.24, 2.45) is 5.41 Å². The van der Waals surface area contributed by atoms with Crippen molar-refractivity contribution in [1.82, 2.24) is 5.32 Å². The van der Waals surface area contributed by atoms with E-state index < -0.39 is 0 Å². The summed E-state index contributed by atoms with van der Waals surface area (Å²) < 4.78 is 4.51. The van der Waals surface area contributed by atoms with Crippen molar-refractivity contribution in [3.63, 3.8) is 0 Å². The zero-order chi connectivity index (χ0) is 11.9. The highest BCUT2D eigenvalue weighted by Gasteiger charge is 2.20. The molecule has 0 aliphatic heterocycles. The molecule has 0 saturated carbocycles. The number of hydrogen-bond donors (Lipinski definition) is 1. The molecule has 1 N–H and O–H groups in total. The van der Waals surface area contributed by atoms with Crippen molar-refractivity contribution in [1.29, 1.82) is 0 Å². The van der Waals surface area contributed by atoms with E-state index in [4.69, 9.17) is 0 Å². The van der Waals surface area contributed by atoms with Gasteiger partial charge in [0.25, 0.3) is 0 Å². The van der Waals surface area contributed by atoms with Gasteiger partial charge in [-0.05, 0) is 12.8 Å². The predicted molar refractivity (Wildman–Crippen MR) is 58.3 cm³/mol. The first-order valence-electron chi connectivity index (χ1n) is 5.23. The molecule has 0 aromatic rings. The number of ether oxygens (including phenoxy) is 1. The van der Waals surface area contributed by atoms with Crippen molar-refractivity contribution in [3.05, 3.63) is 0 Å². The van der Waals surface area contributed by atoms with Crippen LogP contribution in [0.4, 0.5) is 0 Å². The lowest BCUT2D eigenvalue weighted by Gasteiger charge is -2.17. The smallest absolute Gasteiger partial charge is 0.305 e. The maximum absolute atomic E-state index is 11.4. The Kier molecular flexibility index (Phi) is 5.97. The van der Waals surface area contributed by atoms with Crippen LogP contribution in [0.2, 0.25) is 0 Å². The van der Waals surface area contributed by atoms with Gasteiger partial charge in [0.15, 0.2) is 0 Å². The Morgan fingerprint density at radius 1 is 1.20 bits per heavy atom. The first kappa shape index (κ1) is 13.9. The summed E-state index contributed by atoms with van der Waals surface area (Å²) in [4.78, 5) is 22.2. The monoisotopic (exact) mass is 215 g/mol. The number of carbonyl (C=O) groups excluding carboxylic acids is 2. The molecule has 0 saturated heterocycles. The molecule has 0 aromatic heterocycles. The van der Waals surface area contributed by atoms with Crippen molar-refractivity contribution in [2.45, 2.75) is 40.0 Å². The van der Waals surface area contributed by atoms with Gasteiger partial charge in [0.2, 0.25) is 5.91 Å². The fourth-order valence-electron chi connectivity index (χ4n) is 0.963. The number of unbranched alkanes of at least 4 members (excludes halogenated alkanes) is 1. The summed E-state index contributed by atoms with van der Waals surface area (Å²) in [6, 6.07) is 0. The number of methoxy groups -OCH3 is 1. The SMILES string of the molecule is COC(=O)CCCCNC(=O)C(C)(C)C. The van der Waals surface area contributed by atoms with Crippen LogP contribution in [-0.4, -0.2) is 25.5 Å². The Bertz CT molecular complexity index is 218. The molecule has 0 fully saturated rings. The van der Waals surface area contributed by atoms with Crippen LogP contribution in [0.3, 0.4) is 0 Å². The van der Waals surface area contributed by atoms with Crippen LogP contribution < -0.4 is 5.32 Å². The van der Waals surface area contributed by atoms with Crippen LogP contribution in [0.25, 0.3) is 0 Å². The number of carbonyl (C=O) groups is 2. The molecular weight excluding hydrogens is 194 g/mol. The molecule has 0 heterocycles. The quantitative estimate of drug-likeness (QED) is 0.558. The van der Waals surface area contributed by atoms with Crippen molar-refractivity contribution >= 4 is 11.9 Å². The molecule has 0 atom stereocenters. The number of rotatable bonds is 5. The third-order valence-corrected chi connectivity index (χ3v) is 2.00. The Labute approximate surface area is 91.4 Å². The lowest BCUT2D eigenvalue weighted by atomic mass is 9.96. The van der Waals surface area contributed by atoms with E-state index in [1.165, 1.54) is 7.11 Å². The fraction of sp³-hybridized carbons (Fsp3) is 0.818. The molecule has 0 spiro atoms. The van der Waals surface area contributed by atoms with Crippen molar-refractivity contribution in [2.75, 3.05) is 13.7 Å². The zero-order valence-electron chi connectivity index (χ0n) is 10.1. The Morgan fingerprint density at radius 3 is 2.27 bits per heavy atom. The summed E-state index contributed by atoms with van der Waals surface area (Å²) in [5, 5.41) is 2.82. The van der Waals surface area contributed by atoms with Gasteiger partial charge >= 0.3 is 5.97 Å². The van der Waals surface area contributed by atoms with Gasteiger partial charge < -0.3 is 10.1 Å². The molecule has 15 heavy (non-hydrogen) atoms. The van der Waals surface area contributed by atoms with Gasteiger partial charge in [0.05, 0.1) is 7.11 Å². The Morgan fingerprint density at radius 2 is 1.80 bits per heavy atom. The largest absolute Gasteiger partial charge is 0.469 e. The summed E-state index contributed by atoms with van der Waals surface area (Å²) in [6.45, 7) is 6.23. The van der Waals surface area contributed by atoms with E-state index in [0.717, 1.165) is 12.8 Å². The van der Waals surface area contributed by atoms with Crippen LogP contribution >= 0.6 is 0 Å². The van der Waals surface area contributed by atoms with E-state index in [9.17, 15) is 9.59 Å². The van der Waals surface area contributed by atoms with E-state index in [2.05, 4.69) is 10.1 Å². The van der Waals surface area contributed by atoms with Crippen LogP contribution in [0.5, 0.6) is 0 Å². The number of amides is 1. The second-order valence-electron chi connectivity index (χ2n) is 4.54. The van der Waals surface area contributed by atoms with E-state index in [0.29, 0.717) is 13.0 Å². The highest BCUT2D eigenvalue weighted by atomic mass is 16.5. The van der Waals surface area contributed by atoms with E-state index in [1.807, 2.05) is 20.8 Å². The summed E-state index contributed by atoms with van der Waals surface area (Å²) in [6.07, 6.45) is 1.97. The van der Waals surface area contributed by atoms with Crippen LogP contribution in [-0.2, 0) is 14.3 Å². The second kappa shape index (κ2) is 6.43. The van der Waals surface area contributed by atoms with E-state index in [1.54, 1.807) is 0 Å². The fourth-order valence-corrected chi connectivity index (χ4v) is 0.963. The highest BCUT2D eigenvalue weighted by Crippen LogP contribution is 2.12. The molecule has 0 radical (unpaired) electrons. The maximum Gasteiger partial charge on any atom is 0.305 e. The maximum atomic E-state index is 11.4. The molecule has 0 aliphatic carbocycles. The van der Waals surface area contributed by atoms with Gasteiger partial charge in [-0.15, -0.1) is 0 Å². The topological polar surface area (TPSA) is 55.4 Å². The van der Waals surface area contributed by atoms with Crippen LogP contribution in [0, 0.1) is 5.41 Å². The minimum Gasteiger partial charge on any atom is -0.469 e. The molecule has 0 aliphatic rings. The molecule has 88 valence electrons. The zero-order valence-corrected chi connectivity index (χ0v) is 10.1. The average Bonchev–Trinajstić information content (AvgIpc) is 2.15. The van der Waals surface area contributed by atoms with Crippen molar-refractivity contribution < 1.29 is 14.3 Å². The number of nitrogens with one attached hydrogen (secondary N) is 1. The van der Waals surface area contributed by atoms with Crippen molar-refractivity contribution in [3.8, 4) is 0 Å². The third kappa shape index (κ3) is 6.94. The van der Waals surface area contributed by atoms with Gasteiger partial charge in [-0.25, -0.2) is 0 Å². The van der Waals surface area contributed by atoms with E-state index in [-0.39, 0.29) is 17.3 Å². The Hall–Kier alpha value is -1.06. The van der Waals surface area contributed by atoms with Gasteiger partial charge in [-0.1, -0.05) is 20.8 Å². The minimum atomic E-state index is -0.345. The van der Waals surface area contributed by atoms with Crippen LogP contribution in [0.1, 0.15) is 40.0 Å². The number of hydrogen-bond acceptors (Lipinski definition) is 3. The third-order valence-electron chi connectivity index (χ3n) is 2.00. The van der Waals surface area contributed by atoms with Crippen LogP contribution in [0.15, 0.2) is 0 Å². The summed E-state index contributed by atoms with van der Waals surface area (Å²) >= 11 is 0. The lowest BCUT2D eigenvalue weighted by Crippen LogP contribution is -2.35. The standard InChI is InChI=1S/C11H21NO3/c1-11(2,3)10(14)12-8-6-5-7-9(13)15-4/h5-8H2,1-4H3,(H,12,14). The predicted octanol–water partition coefficient (Wildman–Crippen LogP) is 1.49. The lowest BCUT2D eigenvalue weighted by molar-refractivity contribution is -0.140. The van der Waals surface area contributed by atoms with Gasteiger partial charge in [-0.3, -0.25) is 9.59 Å². The molecule has 1 amide bonds. The molecule has 4 heteroatoms. The summed E-state index contributed by atoms with van der Waals surface area (Å²) in [5.41, 5.74) is -0.345. The first-order valence-corrected chi connectivity index (χ1v) is 5.23. The van der Waals surface area contributed by atoms with Gasteiger partial charge in [-0.2, -0.15) is 0 Å². The summed E-state index contributed by atoms with van der Waals surface area (Å²) in [5.74, 6) is -0.155. The molecule has 0 rings (SSSR count). The molecule has 4 nitrogen and oxygen atoms in total. The van der Waals surface area contributed by atoms with E-state index >= 15 is 0 Å². The first-order chi connectivity index (χ1) is 6.88. The molecule has 0 bridgehead atoms. The molecule has 0 unspecified atom stereocenters. The minimum absolute atomic E-state index is 0.0422. The van der Waals surface area contributed by atoms with Gasteiger partial charge in [0, 0.05) is 18.4 Å². The molecular formula is C11H21NO3. The normalized spacial score (nSPS) is 10.9. The highest BCUT2D eigenvalue weighted by molar-refractivity contribution is 5.81.